The Labute approximate surface area is 121 Å². The number of amides is 1. The molecule has 0 aliphatic heterocycles. The molecule has 1 N–H and O–H groups in total. The SMILES string of the molecule is CC(NC(=O)/C=C/c1nc2ccccc2o1)c1ccco1. The van der Waals surface area contributed by atoms with Crippen molar-refractivity contribution in [1.29, 1.82) is 0 Å². The maximum absolute atomic E-state index is 11.8. The molecular formula is C16H14N2O3. The average molecular weight is 282 g/mol. The van der Waals surface area contributed by atoms with Gasteiger partial charge in [0.15, 0.2) is 5.58 Å². The molecule has 2 aromatic heterocycles. The fourth-order valence-corrected chi connectivity index (χ4v) is 1.98. The van der Waals surface area contributed by atoms with Gasteiger partial charge in [0.05, 0.1) is 12.3 Å². The number of benzene rings is 1. The summed E-state index contributed by atoms with van der Waals surface area (Å²) in [6.07, 6.45) is 4.51. The summed E-state index contributed by atoms with van der Waals surface area (Å²) in [4.78, 5) is 16.1. The number of fused-ring (bicyclic) bond motifs is 1. The number of hydrogen-bond donors (Lipinski definition) is 1. The average Bonchev–Trinajstić information content (AvgIpc) is 3.14. The second-order valence-corrected chi connectivity index (χ2v) is 4.60. The van der Waals surface area contributed by atoms with Crippen LogP contribution in [0.3, 0.4) is 0 Å². The molecule has 21 heavy (non-hydrogen) atoms. The van der Waals surface area contributed by atoms with Crippen LogP contribution < -0.4 is 5.32 Å². The highest BCUT2D eigenvalue weighted by atomic mass is 16.3. The van der Waals surface area contributed by atoms with E-state index < -0.39 is 0 Å². The van der Waals surface area contributed by atoms with Crippen LogP contribution in [0.2, 0.25) is 0 Å². The van der Waals surface area contributed by atoms with Gasteiger partial charge in [-0.1, -0.05) is 12.1 Å². The van der Waals surface area contributed by atoms with E-state index in [4.69, 9.17) is 8.83 Å². The van der Waals surface area contributed by atoms with Crippen molar-refractivity contribution < 1.29 is 13.6 Å². The zero-order valence-corrected chi connectivity index (χ0v) is 11.4. The summed E-state index contributed by atoms with van der Waals surface area (Å²) < 4.78 is 10.7. The molecule has 1 atom stereocenters. The Kier molecular flexibility index (Phi) is 3.55. The van der Waals surface area contributed by atoms with Gasteiger partial charge in [-0.15, -0.1) is 0 Å². The Morgan fingerprint density at radius 1 is 1.29 bits per heavy atom. The molecule has 1 aromatic carbocycles. The summed E-state index contributed by atoms with van der Waals surface area (Å²) >= 11 is 0. The minimum absolute atomic E-state index is 0.194. The lowest BCUT2D eigenvalue weighted by atomic mass is 10.2. The Hall–Kier alpha value is -2.82. The van der Waals surface area contributed by atoms with Gasteiger partial charge in [0.1, 0.15) is 11.3 Å². The summed E-state index contributed by atoms with van der Waals surface area (Å²) in [5, 5.41) is 2.80. The Morgan fingerprint density at radius 3 is 2.90 bits per heavy atom. The highest BCUT2D eigenvalue weighted by Gasteiger charge is 2.10. The molecule has 0 radical (unpaired) electrons. The van der Waals surface area contributed by atoms with Gasteiger partial charge < -0.3 is 14.2 Å². The van der Waals surface area contributed by atoms with Gasteiger partial charge in [-0.2, -0.15) is 0 Å². The Balaban J connectivity index is 1.66. The van der Waals surface area contributed by atoms with Gasteiger partial charge in [-0.25, -0.2) is 4.98 Å². The lowest BCUT2D eigenvalue weighted by molar-refractivity contribution is -0.117. The number of aromatic nitrogens is 1. The molecular weight excluding hydrogens is 268 g/mol. The smallest absolute Gasteiger partial charge is 0.244 e. The van der Waals surface area contributed by atoms with Gasteiger partial charge >= 0.3 is 0 Å². The third-order valence-electron chi connectivity index (χ3n) is 3.02. The van der Waals surface area contributed by atoms with Gasteiger partial charge in [0, 0.05) is 12.2 Å². The summed E-state index contributed by atoms with van der Waals surface area (Å²) in [5.74, 6) is 0.872. The lowest BCUT2D eigenvalue weighted by Crippen LogP contribution is -2.24. The fourth-order valence-electron chi connectivity index (χ4n) is 1.98. The zero-order valence-electron chi connectivity index (χ0n) is 11.4. The molecule has 0 fully saturated rings. The maximum Gasteiger partial charge on any atom is 0.244 e. The van der Waals surface area contributed by atoms with E-state index in [0.717, 1.165) is 5.52 Å². The van der Waals surface area contributed by atoms with Crippen molar-refractivity contribution in [2.24, 2.45) is 0 Å². The summed E-state index contributed by atoms with van der Waals surface area (Å²) in [5.41, 5.74) is 1.46. The third-order valence-corrected chi connectivity index (χ3v) is 3.02. The van der Waals surface area contributed by atoms with Crippen molar-refractivity contribution in [2.45, 2.75) is 13.0 Å². The Morgan fingerprint density at radius 2 is 2.14 bits per heavy atom. The first-order valence-electron chi connectivity index (χ1n) is 6.60. The van der Waals surface area contributed by atoms with Crippen molar-refractivity contribution in [3.8, 4) is 0 Å². The van der Waals surface area contributed by atoms with E-state index in [1.807, 2.05) is 37.3 Å². The second kappa shape index (κ2) is 5.66. The van der Waals surface area contributed by atoms with Crippen molar-refractivity contribution in [3.63, 3.8) is 0 Å². The standard InChI is InChI=1S/C16H14N2O3/c1-11(13-7-4-10-20-13)17-15(19)8-9-16-18-12-5-2-3-6-14(12)21-16/h2-11H,1H3,(H,17,19)/b9-8+. The minimum atomic E-state index is -0.235. The third kappa shape index (κ3) is 3.02. The van der Waals surface area contributed by atoms with Crippen LogP contribution in [-0.2, 0) is 4.79 Å². The van der Waals surface area contributed by atoms with Crippen molar-refractivity contribution in [3.05, 3.63) is 60.4 Å². The number of nitrogens with one attached hydrogen (secondary N) is 1. The highest BCUT2D eigenvalue weighted by Crippen LogP contribution is 2.16. The number of para-hydroxylation sites is 2. The van der Waals surface area contributed by atoms with Crippen LogP contribution in [0.5, 0.6) is 0 Å². The quantitative estimate of drug-likeness (QED) is 0.745. The van der Waals surface area contributed by atoms with Crippen LogP contribution in [0.25, 0.3) is 17.2 Å². The number of furan rings is 1. The first-order valence-corrected chi connectivity index (χ1v) is 6.60. The van der Waals surface area contributed by atoms with Crippen molar-refractivity contribution in [1.82, 2.24) is 10.3 Å². The zero-order chi connectivity index (χ0) is 14.7. The minimum Gasteiger partial charge on any atom is -0.467 e. The van der Waals surface area contributed by atoms with Crippen LogP contribution in [0.15, 0.2) is 57.6 Å². The normalized spacial score (nSPS) is 12.8. The van der Waals surface area contributed by atoms with Crippen LogP contribution in [0.4, 0.5) is 0 Å². The highest BCUT2D eigenvalue weighted by molar-refractivity contribution is 5.91. The molecule has 1 amide bonds. The molecule has 0 bridgehead atoms. The van der Waals surface area contributed by atoms with E-state index in [0.29, 0.717) is 17.2 Å². The van der Waals surface area contributed by atoms with Crippen molar-refractivity contribution in [2.75, 3.05) is 0 Å². The first kappa shape index (κ1) is 13.2. The Bertz CT molecular complexity index is 739. The molecule has 3 aromatic rings. The maximum atomic E-state index is 11.8. The van der Waals surface area contributed by atoms with E-state index in [1.54, 1.807) is 18.4 Å². The molecule has 0 aliphatic rings. The number of nitrogens with zero attached hydrogens (tertiary/aromatic N) is 1. The molecule has 0 saturated carbocycles. The van der Waals surface area contributed by atoms with E-state index in [-0.39, 0.29) is 11.9 Å². The van der Waals surface area contributed by atoms with Crippen LogP contribution in [-0.4, -0.2) is 10.9 Å². The van der Waals surface area contributed by atoms with E-state index in [1.165, 1.54) is 6.08 Å². The number of rotatable bonds is 4. The van der Waals surface area contributed by atoms with Gasteiger partial charge in [0.2, 0.25) is 11.8 Å². The fraction of sp³-hybridized carbons (Fsp3) is 0.125. The lowest BCUT2D eigenvalue weighted by Gasteiger charge is -2.08. The largest absolute Gasteiger partial charge is 0.467 e. The molecule has 1 unspecified atom stereocenters. The van der Waals surface area contributed by atoms with Gasteiger partial charge in [-0.05, 0) is 31.2 Å². The second-order valence-electron chi connectivity index (χ2n) is 4.60. The van der Waals surface area contributed by atoms with E-state index in [2.05, 4.69) is 10.3 Å². The molecule has 2 heterocycles. The molecule has 0 aliphatic carbocycles. The topological polar surface area (TPSA) is 68.3 Å². The van der Waals surface area contributed by atoms with Crippen LogP contribution in [0.1, 0.15) is 24.6 Å². The van der Waals surface area contributed by atoms with Crippen LogP contribution in [0, 0.1) is 0 Å². The summed E-state index contributed by atoms with van der Waals surface area (Å²) in [6.45, 7) is 1.85. The predicted molar refractivity (Wildman–Crippen MR) is 78.3 cm³/mol. The van der Waals surface area contributed by atoms with Crippen molar-refractivity contribution >= 4 is 23.1 Å². The number of carbonyl (C=O) groups excluding carboxylic acids is 1. The van der Waals surface area contributed by atoms with Gasteiger partial charge in [0.25, 0.3) is 0 Å². The molecule has 5 heteroatoms. The van der Waals surface area contributed by atoms with E-state index in [9.17, 15) is 4.79 Å². The monoisotopic (exact) mass is 282 g/mol. The molecule has 0 saturated heterocycles. The number of carbonyl (C=O) groups is 1. The molecule has 3 rings (SSSR count). The van der Waals surface area contributed by atoms with Gasteiger partial charge in [-0.3, -0.25) is 4.79 Å². The number of oxazole rings is 1. The predicted octanol–water partition coefficient (Wildman–Crippen LogP) is 3.31. The number of hydrogen-bond acceptors (Lipinski definition) is 4. The van der Waals surface area contributed by atoms with Crippen LogP contribution >= 0.6 is 0 Å². The first-order chi connectivity index (χ1) is 10.2. The molecule has 106 valence electrons. The molecule has 0 spiro atoms. The summed E-state index contributed by atoms with van der Waals surface area (Å²) in [6, 6.07) is 10.9. The van der Waals surface area contributed by atoms with E-state index >= 15 is 0 Å². The summed E-state index contributed by atoms with van der Waals surface area (Å²) in [7, 11) is 0. The molecule has 5 nitrogen and oxygen atoms in total.